The van der Waals surface area contributed by atoms with E-state index in [9.17, 15) is 4.79 Å². The van der Waals surface area contributed by atoms with Gasteiger partial charge in [-0.2, -0.15) is 0 Å². The van der Waals surface area contributed by atoms with Crippen molar-refractivity contribution >= 4 is 23.1 Å². The molecular formula is C16H22N2O2S. The predicted octanol–water partition coefficient (Wildman–Crippen LogP) is 1.77. The molecule has 0 saturated carbocycles. The van der Waals surface area contributed by atoms with E-state index in [4.69, 9.17) is 22.7 Å². The summed E-state index contributed by atoms with van der Waals surface area (Å²) in [5.41, 5.74) is 6.88. The number of hydrogen-bond donors (Lipinski definition) is 1. The number of rotatable bonds is 4. The van der Waals surface area contributed by atoms with E-state index in [0.717, 1.165) is 5.56 Å². The molecule has 1 aliphatic rings. The molecule has 1 aliphatic heterocycles. The summed E-state index contributed by atoms with van der Waals surface area (Å²) in [6, 6.07) is 9.84. The van der Waals surface area contributed by atoms with Crippen LogP contribution in [0.4, 0.5) is 0 Å². The second kappa shape index (κ2) is 7.00. The molecule has 4 nitrogen and oxygen atoms in total. The van der Waals surface area contributed by atoms with Crippen LogP contribution < -0.4 is 5.73 Å². The SMILES string of the molecule is C[C@@H]1CN(C(=O)C(Cc2ccccc2)C(N)=S)C[C@H](C)O1. The molecule has 2 rings (SSSR count). The average molecular weight is 306 g/mol. The standard InChI is InChI=1S/C16H22N2O2S/c1-11-9-18(10-12(2)20-11)16(19)14(15(17)21)8-13-6-4-3-5-7-13/h3-7,11-12,14H,8-10H2,1-2H3,(H2,17,21)/t11-,12+,14?. The van der Waals surface area contributed by atoms with Gasteiger partial charge in [0.1, 0.15) is 0 Å². The number of nitrogens with two attached hydrogens (primary N) is 1. The molecule has 1 saturated heterocycles. The Morgan fingerprint density at radius 1 is 1.33 bits per heavy atom. The Bertz CT molecular complexity index is 496. The molecule has 1 aromatic carbocycles. The maximum atomic E-state index is 12.7. The van der Waals surface area contributed by atoms with Crippen LogP contribution in [0, 0.1) is 5.92 Å². The summed E-state index contributed by atoms with van der Waals surface area (Å²) < 4.78 is 5.67. The molecule has 1 amide bonds. The number of benzene rings is 1. The first kappa shape index (κ1) is 15.9. The number of hydrogen-bond acceptors (Lipinski definition) is 3. The maximum absolute atomic E-state index is 12.7. The number of ether oxygens (including phenoxy) is 1. The summed E-state index contributed by atoms with van der Waals surface area (Å²) in [6.45, 7) is 5.14. The van der Waals surface area contributed by atoms with Crippen molar-refractivity contribution in [2.24, 2.45) is 11.7 Å². The lowest BCUT2D eigenvalue weighted by molar-refractivity contribution is -0.145. The summed E-state index contributed by atoms with van der Waals surface area (Å²) >= 11 is 5.12. The van der Waals surface area contributed by atoms with E-state index >= 15 is 0 Å². The van der Waals surface area contributed by atoms with Crippen molar-refractivity contribution in [3.05, 3.63) is 35.9 Å². The lowest BCUT2D eigenvalue weighted by Crippen LogP contribution is -2.52. The second-order valence-electron chi connectivity index (χ2n) is 5.65. The van der Waals surface area contributed by atoms with Crippen molar-refractivity contribution in [2.75, 3.05) is 13.1 Å². The van der Waals surface area contributed by atoms with E-state index in [1.54, 1.807) is 0 Å². The van der Waals surface area contributed by atoms with Crippen molar-refractivity contribution in [2.45, 2.75) is 32.5 Å². The summed E-state index contributed by atoms with van der Waals surface area (Å²) in [5.74, 6) is -0.437. The van der Waals surface area contributed by atoms with Gasteiger partial charge in [-0.1, -0.05) is 42.5 Å². The van der Waals surface area contributed by atoms with Crippen molar-refractivity contribution in [3.63, 3.8) is 0 Å². The number of carbonyl (C=O) groups is 1. The van der Waals surface area contributed by atoms with Crippen LogP contribution in [0.2, 0.25) is 0 Å². The van der Waals surface area contributed by atoms with Crippen molar-refractivity contribution in [1.29, 1.82) is 0 Å². The zero-order valence-corrected chi connectivity index (χ0v) is 13.3. The van der Waals surface area contributed by atoms with Crippen molar-refractivity contribution in [1.82, 2.24) is 4.90 Å². The maximum Gasteiger partial charge on any atom is 0.233 e. The Morgan fingerprint density at radius 3 is 2.43 bits per heavy atom. The molecule has 2 N–H and O–H groups in total. The number of thiocarbonyl (C=S) groups is 1. The van der Waals surface area contributed by atoms with Gasteiger partial charge in [-0.3, -0.25) is 4.79 Å². The highest BCUT2D eigenvalue weighted by Crippen LogP contribution is 2.17. The normalized spacial score (nSPS) is 23.6. The quantitative estimate of drug-likeness (QED) is 0.861. The van der Waals surface area contributed by atoms with Gasteiger partial charge in [0.25, 0.3) is 0 Å². The third-order valence-corrected chi connectivity index (χ3v) is 3.94. The van der Waals surface area contributed by atoms with Gasteiger partial charge in [-0.05, 0) is 25.8 Å². The fourth-order valence-electron chi connectivity index (χ4n) is 2.74. The van der Waals surface area contributed by atoms with Crippen LogP contribution in [-0.4, -0.2) is 41.1 Å². The first-order valence-corrected chi connectivity index (χ1v) is 7.65. The first-order chi connectivity index (χ1) is 9.97. The number of nitrogens with zero attached hydrogens (tertiary/aromatic N) is 1. The Morgan fingerprint density at radius 2 is 1.90 bits per heavy atom. The van der Waals surface area contributed by atoms with Crippen LogP contribution in [-0.2, 0) is 16.0 Å². The highest BCUT2D eigenvalue weighted by Gasteiger charge is 2.32. The molecule has 0 radical (unpaired) electrons. The summed E-state index contributed by atoms with van der Waals surface area (Å²) in [5, 5.41) is 0. The van der Waals surface area contributed by atoms with Crippen LogP contribution in [0.15, 0.2) is 30.3 Å². The van der Waals surface area contributed by atoms with Gasteiger partial charge >= 0.3 is 0 Å². The van der Waals surface area contributed by atoms with E-state index in [0.29, 0.717) is 19.5 Å². The summed E-state index contributed by atoms with van der Waals surface area (Å²) in [7, 11) is 0. The zero-order chi connectivity index (χ0) is 15.4. The Hall–Kier alpha value is -1.46. The number of amides is 1. The molecule has 1 heterocycles. The highest BCUT2D eigenvalue weighted by molar-refractivity contribution is 7.80. The first-order valence-electron chi connectivity index (χ1n) is 7.25. The minimum absolute atomic E-state index is 0.00773. The van der Waals surface area contributed by atoms with E-state index in [1.165, 1.54) is 0 Å². The Balaban J connectivity index is 2.10. The summed E-state index contributed by atoms with van der Waals surface area (Å²) in [6.07, 6.45) is 0.637. The Kier molecular flexibility index (Phi) is 5.31. The molecule has 0 aliphatic carbocycles. The van der Waals surface area contributed by atoms with Crippen molar-refractivity contribution < 1.29 is 9.53 Å². The van der Waals surface area contributed by atoms with Crippen LogP contribution in [0.1, 0.15) is 19.4 Å². The smallest absolute Gasteiger partial charge is 0.233 e. The van der Waals surface area contributed by atoms with Gasteiger partial charge in [0, 0.05) is 13.1 Å². The van der Waals surface area contributed by atoms with E-state index in [2.05, 4.69) is 0 Å². The zero-order valence-electron chi connectivity index (χ0n) is 12.5. The molecule has 5 heteroatoms. The van der Waals surface area contributed by atoms with Gasteiger partial charge in [-0.15, -0.1) is 0 Å². The predicted molar refractivity (Wildman–Crippen MR) is 87.0 cm³/mol. The van der Waals surface area contributed by atoms with Crippen LogP contribution >= 0.6 is 12.2 Å². The van der Waals surface area contributed by atoms with E-state index < -0.39 is 5.92 Å². The number of carbonyl (C=O) groups excluding carboxylic acids is 1. The molecule has 1 unspecified atom stereocenters. The molecule has 0 spiro atoms. The lowest BCUT2D eigenvalue weighted by Gasteiger charge is -2.37. The second-order valence-corrected chi connectivity index (χ2v) is 6.12. The van der Waals surface area contributed by atoms with Gasteiger partial charge < -0.3 is 15.4 Å². The van der Waals surface area contributed by atoms with E-state index in [1.807, 2.05) is 49.1 Å². The van der Waals surface area contributed by atoms with Gasteiger partial charge in [0.15, 0.2) is 0 Å². The fourth-order valence-corrected chi connectivity index (χ4v) is 2.92. The number of morpholine rings is 1. The van der Waals surface area contributed by atoms with E-state index in [-0.39, 0.29) is 23.1 Å². The average Bonchev–Trinajstić information content (AvgIpc) is 2.44. The molecule has 0 aromatic heterocycles. The fraction of sp³-hybridized carbons (Fsp3) is 0.500. The molecule has 1 aromatic rings. The van der Waals surface area contributed by atoms with Gasteiger partial charge in [0.2, 0.25) is 5.91 Å². The lowest BCUT2D eigenvalue weighted by atomic mass is 9.97. The largest absolute Gasteiger partial charge is 0.393 e. The topological polar surface area (TPSA) is 55.6 Å². The highest BCUT2D eigenvalue weighted by atomic mass is 32.1. The molecule has 3 atom stereocenters. The minimum atomic E-state index is -0.445. The molecule has 114 valence electrons. The van der Waals surface area contributed by atoms with Gasteiger partial charge in [0.05, 0.1) is 23.1 Å². The van der Waals surface area contributed by atoms with Crippen molar-refractivity contribution in [3.8, 4) is 0 Å². The molecule has 1 fully saturated rings. The minimum Gasteiger partial charge on any atom is -0.393 e. The van der Waals surface area contributed by atoms with Crippen LogP contribution in [0.5, 0.6) is 0 Å². The third kappa shape index (κ3) is 4.25. The molecule has 0 bridgehead atoms. The molecular weight excluding hydrogens is 284 g/mol. The Labute approximate surface area is 131 Å². The van der Waals surface area contributed by atoms with Gasteiger partial charge in [-0.25, -0.2) is 0 Å². The third-order valence-electron chi connectivity index (χ3n) is 3.66. The summed E-state index contributed by atoms with van der Waals surface area (Å²) in [4.78, 5) is 14.8. The van der Waals surface area contributed by atoms with Crippen LogP contribution in [0.3, 0.4) is 0 Å². The van der Waals surface area contributed by atoms with Crippen LogP contribution in [0.25, 0.3) is 0 Å². The monoisotopic (exact) mass is 306 g/mol. The molecule has 21 heavy (non-hydrogen) atoms.